The Labute approximate surface area is 119 Å². The molecule has 1 aliphatic rings. The summed E-state index contributed by atoms with van der Waals surface area (Å²) in [6, 6.07) is 12.7. The summed E-state index contributed by atoms with van der Waals surface area (Å²) >= 11 is 0. The van der Waals surface area contributed by atoms with Crippen molar-refractivity contribution >= 4 is 0 Å². The molecule has 2 unspecified atom stereocenters. The number of hydrogen-bond donors (Lipinski definition) is 2. The van der Waals surface area contributed by atoms with E-state index in [1.54, 1.807) is 12.4 Å². The molecular formula is C17H20N2O. The summed E-state index contributed by atoms with van der Waals surface area (Å²) in [5.74, 6) is 0. The first kappa shape index (κ1) is 13.3. The number of pyridine rings is 1. The average molecular weight is 268 g/mol. The average Bonchev–Trinajstić information content (AvgIpc) is 2.53. The Kier molecular flexibility index (Phi) is 4.09. The summed E-state index contributed by atoms with van der Waals surface area (Å²) < 4.78 is 0. The largest absolute Gasteiger partial charge is 0.387 e. The third kappa shape index (κ3) is 2.89. The fourth-order valence-electron chi connectivity index (χ4n) is 2.92. The third-order valence-electron chi connectivity index (χ3n) is 4.02. The van der Waals surface area contributed by atoms with E-state index in [2.05, 4.69) is 34.6 Å². The van der Waals surface area contributed by atoms with Crippen LogP contribution in [0.2, 0.25) is 0 Å². The number of nitrogens with one attached hydrogen (secondary N) is 1. The molecule has 1 aromatic carbocycles. The Morgan fingerprint density at radius 3 is 2.85 bits per heavy atom. The van der Waals surface area contributed by atoms with Crippen molar-refractivity contribution in [2.45, 2.75) is 31.4 Å². The van der Waals surface area contributed by atoms with Gasteiger partial charge in [0.15, 0.2) is 0 Å². The Hall–Kier alpha value is -1.71. The van der Waals surface area contributed by atoms with Crippen molar-refractivity contribution in [2.75, 3.05) is 6.54 Å². The number of aryl methyl sites for hydroxylation is 1. The molecule has 2 aromatic rings. The van der Waals surface area contributed by atoms with E-state index in [1.807, 2.05) is 12.1 Å². The highest BCUT2D eigenvalue weighted by molar-refractivity contribution is 5.32. The predicted molar refractivity (Wildman–Crippen MR) is 79.3 cm³/mol. The van der Waals surface area contributed by atoms with E-state index < -0.39 is 6.10 Å². The molecule has 0 saturated carbocycles. The first-order valence-electron chi connectivity index (χ1n) is 7.24. The molecule has 2 atom stereocenters. The maximum absolute atomic E-state index is 10.2. The molecule has 0 saturated heterocycles. The summed E-state index contributed by atoms with van der Waals surface area (Å²) in [6.07, 6.45) is 6.47. The van der Waals surface area contributed by atoms with Gasteiger partial charge in [0.25, 0.3) is 0 Å². The number of benzene rings is 1. The number of aliphatic hydroxyl groups is 1. The summed E-state index contributed by atoms with van der Waals surface area (Å²) in [6.45, 7) is 0.572. The van der Waals surface area contributed by atoms with Crippen LogP contribution in [0.3, 0.4) is 0 Å². The highest BCUT2D eigenvalue weighted by Gasteiger charge is 2.20. The Bertz CT molecular complexity index is 556. The van der Waals surface area contributed by atoms with Gasteiger partial charge in [-0.3, -0.25) is 4.98 Å². The molecule has 0 bridgehead atoms. The van der Waals surface area contributed by atoms with E-state index in [4.69, 9.17) is 0 Å². The van der Waals surface area contributed by atoms with Gasteiger partial charge in [0.05, 0.1) is 6.10 Å². The van der Waals surface area contributed by atoms with Crippen LogP contribution in [0.25, 0.3) is 0 Å². The highest BCUT2D eigenvalue weighted by Crippen LogP contribution is 2.29. The van der Waals surface area contributed by atoms with Gasteiger partial charge in [-0.15, -0.1) is 0 Å². The maximum atomic E-state index is 10.2. The smallest absolute Gasteiger partial charge is 0.0915 e. The molecule has 1 aliphatic carbocycles. The molecular weight excluding hydrogens is 248 g/mol. The van der Waals surface area contributed by atoms with Crippen LogP contribution in [0.5, 0.6) is 0 Å². The lowest BCUT2D eigenvalue weighted by molar-refractivity contribution is 0.168. The van der Waals surface area contributed by atoms with Gasteiger partial charge in [0, 0.05) is 25.0 Å². The van der Waals surface area contributed by atoms with Crippen molar-refractivity contribution in [3.05, 3.63) is 65.5 Å². The Balaban J connectivity index is 1.65. The van der Waals surface area contributed by atoms with Crippen LogP contribution < -0.4 is 5.32 Å². The van der Waals surface area contributed by atoms with Crippen molar-refractivity contribution < 1.29 is 5.11 Å². The van der Waals surface area contributed by atoms with Crippen LogP contribution in [0.1, 0.15) is 41.7 Å². The van der Waals surface area contributed by atoms with Gasteiger partial charge >= 0.3 is 0 Å². The minimum absolute atomic E-state index is 0.358. The van der Waals surface area contributed by atoms with Crippen LogP contribution >= 0.6 is 0 Å². The summed E-state index contributed by atoms with van der Waals surface area (Å²) in [7, 11) is 0. The SMILES string of the molecule is OC(CNC1CCCc2ccccc21)c1ccncc1. The first-order valence-corrected chi connectivity index (χ1v) is 7.24. The lowest BCUT2D eigenvalue weighted by Crippen LogP contribution is -2.29. The van der Waals surface area contributed by atoms with Gasteiger partial charge in [0.2, 0.25) is 0 Å². The first-order chi connectivity index (χ1) is 9.84. The highest BCUT2D eigenvalue weighted by atomic mass is 16.3. The summed E-state index contributed by atoms with van der Waals surface area (Å²) in [5, 5.41) is 13.7. The van der Waals surface area contributed by atoms with Crippen LogP contribution in [-0.4, -0.2) is 16.6 Å². The lowest BCUT2D eigenvalue weighted by atomic mass is 9.87. The zero-order valence-corrected chi connectivity index (χ0v) is 11.5. The minimum Gasteiger partial charge on any atom is -0.387 e. The van der Waals surface area contributed by atoms with Gasteiger partial charge < -0.3 is 10.4 Å². The van der Waals surface area contributed by atoms with Crippen molar-refractivity contribution in [3.63, 3.8) is 0 Å². The van der Waals surface area contributed by atoms with Gasteiger partial charge in [-0.2, -0.15) is 0 Å². The van der Waals surface area contributed by atoms with Gasteiger partial charge in [-0.25, -0.2) is 0 Å². The van der Waals surface area contributed by atoms with E-state index in [1.165, 1.54) is 24.0 Å². The predicted octanol–water partition coefficient (Wildman–Crippen LogP) is 2.78. The molecule has 0 radical (unpaired) electrons. The number of nitrogens with zero attached hydrogens (tertiary/aromatic N) is 1. The molecule has 3 nitrogen and oxygen atoms in total. The monoisotopic (exact) mass is 268 g/mol. The molecule has 3 rings (SSSR count). The summed E-state index contributed by atoms with van der Waals surface area (Å²) in [5.41, 5.74) is 3.74. The second-order valence-electron chi connectivity index (χ2n) is 5.35. The summed E-state index contributed by atoms with van der Waals surface area (Å²) in [4.78, 5) is 3.98. The van der Waals surface area contributed by atoms with Crippen molar-refractivity contribution in [1.29, 1.82) is 0 Å². The third-order valence-corrected chi connectivity index (χ3v) is 4.02. The van der Waals surface area contributed by atoms with Crippen LogP contribution in [-0.2, 0) is 6.42 Å². The zero-order valence-electron chi connectivity index (χ0n) is 11.5. The normalized spacial score (nSPS) is 19.4. The molecule has 20 heavy (non-hydrogen) atoms. The van der Waals surface area contributed by atoms with Crippen LogP contribution in [0.4, 0.5) is 0 Å². The number of aliphatic hydroxyl groups excluding tert-OH is 1. The van der Waals surface area contributed by atoms with E-state index in [0.29, 0.717) is 12.6 Å². The molecule has 1 aromatic heterocycles. The molecule has 3 heteroatoms. The minimum atomic E-state index is -0.480. The van der Waals surface area contributed by atoms with Gasteiger partial charge in [0.1, 0.15) is 0 Å². The fraction of sp³-hybridized carbons (Fsp3) is 0.353. The molecule has 0 aliphatic heterocycles. The maximum Gasteiger partial charge on any atom is 0.0915 e. The second-order valence-corrected chi connectivity index (χ2v) is 5.35. The number of aromatic nitrogens is 1. The number of rotatable bonds is 4. The number of fused-ring (bicyclic) bond motifs is 1. The fourth-order valence-corrected chi connectivity index (χ4v) is 2.92. The van der Waals surface area contributed by atoms with E-state index >= 15 is 0 Å². The van der Waals surface area contributed by atoms with E-state index in [9.17, 15) is 5.11 Å². The van der Waals surface area contributed by atoms with E-state index in [-0.39, 0.29) is 0 Å². The van der Waals surface area contributed by atoms with Crippen molar-refractivity contribution in [1.82, 2.24) is 10.3 Å². The molecule has 0 spiro atoms. The molecule has 0 amide bonds. The van der Waals surface area contributed by atoms with Gasteiger partial charge in [-0.1, -0.05) is 24.3 Å². The van der Waals surface area contributed by atoms with Crippen LogP contribution in [0, 0.1) is 0 Å². The number of hydrogen-bond acceptors (Lipinski definition) is 3. The van der Waals surface area contributed by atoms with E-state index in [0.717, 1.165) is 12.0 Å². The zero-order chi connectivity index (χ0) is 13.8. The molecule has 1 heterocycles. The van der Waals surface area contributed by atoms with Gasteiger partial charge in [-0.05, 0) is 48.1 Å². The van der Waals surface area contributed by atoms with Crippen LogP contribution in [0.15, 0.2) is 48.8 Å². The van der Waals surface area contributed by atoms with Crippen molar-refractivity contribution in [2.24, 2.45) is 0 Å². The quantitative estimate of drug-likeness (QED) is 0.896. The molecule has 2 N–H and O–H groups in total. The topological polar surface area (TPSA) is 45.1 Å². The lowest BCUT2D eigenvalue weighted by Gasteiger charge is -2.27. The molecule has 104 valence electrons. The Morgan fingerprint density at radius 1 is 1.20 bits per heavy atom. The van der Waals surface area contributed by atoms with Crippen molar-refractivity contribution in [3.8, 4) is 0 Å². The Morgan fingerprint density at radius 2 is 2.00 bits per heavy atom. The standard InChI is InChI=1S/C17H20N2O/c20-17(14-8-10-18-11-9-14)12-19-16-7-3-5-13-4-1-2-6-15(13)16/h1-2,4,6,8-11,16-17,19-20H,3,5,7,12H2. The molecule has 0 fully saturated rings. The second kappa shape index (κ2) is 6.16.